The van der Waals surface area contributed by atoms with Crippen molar-refractivity contribution >= 4 is 22.9 Å². The van der Waals surface area contributed by atoms with Gasteiger partial charge < -0.3 is 23.8 Å². The van der Waals surface area contributed by atoms with Gasteiger partial charge in [0.15, 0.2) is 11.5 Å². The van der Waals surface area contributed by atoms with Crippen LogP contribution in [0.15, 0.2) is 66.7 Å². The van der Waals surface area contributed by atoms with E-state index in [1.165, 1.54) is 5.56 Å². The zero-order valence-corrected chi connectivity index (χ0v) is 18.8. The van der Waals surface area contributed by atoms with E-state index in [1.807, 2.05) is 42.5 Å². The van der Waals surface area contributed by atoms with Gasteiger partial charge in [0.2, 0.25) is 5.75 Å². The van der Waals surface area contributed by atoms with Gasteiger partial charge in [0, 0.05) is 17.8 Å². The molecule has 31 heavy (non-hydrogen) atoms. The fourth-order valence-electron chi connectivity index (χ4n) is 4.11. The van der Waals surface area contributed by atoms with Gasteiger partial charge in [-0.2, -0.15) is 0 Å². The molecule has 3 aromatic carbocycles. The van der Waals surface area contributed by atoms with Gasteiger partial charge in [0.25, 0.3) is 0 Å². The molecule has 160 valence electrons. The van der Waals surface area contributed by atoms with E-state index in [1.54, 1.807) is 28.4 Å². The lowest BCUT2D eigenvalue weighted by Gasteiger charge is -2.50. The molecule has 0 unspecified atom stereocenters. The SMILES string of the molecule is COc1ccc([C@@H]2[C@@H](c3ccccc3)C(=S)N2c2cc(OC)c(OC)c(OC)c2)cc1. The summed E-state index contributed by atoms with van der Waals surface area (Å²) in [6.07, 6.45) is 0. The average molecular weight is 436 g/mol. The first-order chi connectivity index (χ1) is 15.1. The lowest BCUT2D eigenvalue weighted by Crippen LogP contribution is -2.52. The van der Waals surface area contributed by atoms with Crippen LogP contribution in [0.1, 0.15) is 23.1 Å². The molecule has 3 aromatic rings. The Morgan fingerprint density at radius 3 is 1.84 bits per heavy atom. The van der Waals surface area contributed by atoms with Crippen LogP contribution in [-0.4, -0.2) is 33.4 Å². The molecule has 4 rings (SSSR count). The maximum absolute atomic E-state index is 5.92. The van der Waals surface area contributed by atoms with Gasteiger partial charge >= 0.3 is 0 Å². The maximum atomic E-state index is 5.92. The first-order valence-corrected chi connectivity index (χ1v) is 10.4. The standard InChI is InChI=1S/C25H25NO4S/c1-27-19-12-10-17(11-13-19)23-22(16-8-6-5-7-9-16)25(31)26(23)18-14-20(28-2)24(30-4)21(15-18)29-3/h5-15,22-23H,1-4H3/t22-,23-/m1/s1. The summed E-state index contributed by atoms with van der Waals surface area (Å²) in [6, 6.07) is 22.4. The highest BCUT2D eigenvalue weighted by molar-refractivity contribution is 7.80. The molecule has 1 saturated heterocycles. The minimum Gasteiger partial charge on any atom is -0.497 e. The number of benzene rings is 3. The predicted molar refractivity (Wildman–Crippen MR) is 126 cm³/mol. The number of ether oxygens (including phenoxy) is 4. The van der Waals surface area contributed by atoms with Gasteiger partial charge in [-0.25, -0.2) is 0 Å². The van der Waals surface area contributed by atoms with E-state index in [-0.39, 0.29) is 12.0 Å². The number of rotatable bonds is 7. The number of methoxy groups -OCH3 is 4. The van der Waals surface area contributed by atoms with Crippen LogP contribution in [0.5, 0.6) is 23.0 Å². The van der Waals surface area contributed by atoms with Crippen molar-refractivity contribution in [1.82, 2.24) is 0 Å². The second-order valence-corrected chi connectivity index (χ2v) is 7.62. The molecule has 0 aromatic heterocycles. The number of hydrogen-bond donors (Lipinski definition) is 0. The monoisotopic (exact) mass is 435 g/mol. The summed E-state index contributed by atoms with van der Waals surface area (Å²) in [4.78, 5) is 3.00. The Balaban J connectivity index is 1.81. The molecule has 1 aliphatic rings. The van der Waals surface area contributed by atoms with Crippen molar-refractivity contribution in [2.24, 2.45) is 0 Å². The summed E-state index contributed by atoms with van der Waals surface area (Å²) in [5, 5.41) is 0. The van der Waals surface area contributed by atoms with E-state index >= 15 is 0 Å². The van der Waals surface area contributed by atoms with E-state index in [0.717, 1.165) is 22.0 Å². The molecule has 1 heterocycles. The summed E-state index contributed by atoms with van der Waals surface area (Å²) in [7, 11) is 6.49. The molecule has 1 aliphatic heterocycles. The van der Waals surface area contributed by atoms with E-state index < -0.39 is 0 Å². The van der Waals surface area contributed by atoms with Crippen LogP contribution < -0.4 is 23.8 Å². The van der Waals surface area contributed by atoms with Crippen molar-refractivity contribution in [3.63, 3.8) is 0 Å². The van der Waals surface area contributed by atoms with E-state index in [9.17, 15) is 0 Å². The largest absolute Gasteiger partial charge is 0.497 e. The van der Waals surface area contributed by atoms with Crippen LogP contribution in [0.4, 0.5) is 5.69 Å². The Kier molecular flexibility index (Phi) is 6.00. The van der Waals surface area contributed by atoms with Crippen LogP contribution in [-0.2, 0) is 0 Å². The molecular weight excluding hydrogens is 410 g/mol. The lowest BCUT2D eigenvalue weighted by atomic mass is 9.78. The van der Waals surface area contributed by atoms with Gasteiger partial charge in [-0.3, -0.25) is 0 Å². The highest BCUT2D eigenvalue weighted by Crippen LogP contribution is 2.52. The van der Waals surface area contributed by atoms with E-state index in [0.29, 0.717) is 17.2 Å². The third-order valence-corrected chi connectivity index (χ3v) is 6.09. The van der Waals surface area contributed by atoms with E-state index in [4.69, 9.17) is 31.2 Å². The van der Waals surface area contributed by atoms with Crippen molar-refractivity contribution in [2.45, 2.75) is 12.0 Å². The van der Waals surface area contributed by atoms with Crippen LogP contribution >= 0.6 is 12.2 Å². The molecule has 5 nitrogen and oxygen atoms in total. The minimum absolute atomic E-state index is 0.0311. The molecule has 1 fully saturated rings. The normalized spacial score (nSPS) is 17.7. The smallest absolute Gasteiger partial charge is 0.203 e. The highest BCUT2D eigenvalue weighted by Gasteiger charge is 2.46. The summed E-state index contributed by atoms with van der Waals surface area (Å²) >= 11 is 5.92. The Labute approximate surface area is 188 Å². The van der Waals surface area contributed by atoms with Crippen molar-refractivity contribution in [3.8, 4) is 23.0 Å². The van der Waals surface area contributed by atoms with Crippen LogP contribution in [0.25, 0.3) is 0 Å². The average Bonchev–Trinajstić information content (AvgIpc) is 2.82. The second-order valence-electron chi connectivity index (χ2n) is 7.20. The van der Waals surface area contributed by atoms with Gasteiger partial charge in [-0.05, 0) is 23.3 Å². The molecule has 0 radical (unpaired) electrons. The van der Waals surface area contributed by atoms with Crippen molar-refractivity contribution in [3.05, 3.63) is 77.9 Å². The summed E-state index contributed by atoms with van der Waals surface area (Å²) in [5.74, 6) is 2.65. The topological polar surface area (TPSA) is 40.2 Å². The fourth-order valence-corrected chi connectivity index (χ4v) is 4.59. The van der Waals surface area contributed by atoms with Gasteiger partial charge in [0.1, 0.15) is 5.75 Å². The quantitative estimate of drug-likeness (QED) is 0.463. The molecular formula is C25H25NO4S. The van der Waals surface area contributed by atoms with Gasteiger partial charge in [-0.1, -0.05) is 54.7 Å². The zero-order chi connectivity index (χ0) is 22.0. The molecule has 0 aliphatic carbocycles. The predicted octanol–water partition coefficient (Wildman–Crippen LogP) is 5.39. The van der Waals surface area contributed by atoms with Crippen molar-refractivity contribution < 1.29 is 18.9 Å². The number of hydrogen-bond acceptors (Lipinski definition) is 5. The van der Waals surface area contributed by atoms with Gasteiger partial charge in [0.05, 0.1) is 45.4 Å². The summed E-state index contributed by atoms with van der Waals surface area (Å²) in [5.41, 5.74) is 3.24. The van der Waals surface area contributed by atoms with Crippen LogP contribution in [0, 0.1) is 0 Å². The Morgan fingerprint density at radius 2 is 1.32 bits per heavy atom. The Hall–Kier alpha value is -3.25. The van der Waals surface area contributed by atoms with E-state index in [2.05, 4.69) is 29.2 Å². The number of anilines is 1. The molecule has 0 bridgehead atoms. The number of nitrogens with zero attached hydrogens (tertiary/aromatic N) is 1. The molecule has 0 N–H and O–H groups in total. The van der Waals surface area contributed by atoms with Gasteiger partial charge in [-0.15, -0.1) is 0 Å². The molecule has 6 heteroatoms. The molecule has 0 amide bonds. The Bertz CT molecular complexity index is 1040. The second kappa shape index (κ2) is 8.86. The van der Waals surface area contributed by atoms with Crippen molar-refractivity contribution in [1.29, 1.82) is 0 Å². The van der Waals surface area contributed by atoms with Crippen molar-refractivity contribution in [2.75, 3.05) is 33.3 Å². The fraction of sp³-hybridized carbons (Fsp3) is 0.240. The summed E-state index contributed by atoms with van der Waals surface area (Å²) < 4.78 is 22.0. The third-order valence-electron chi connectivity index (χ3n) is 5.64. The molecule has 0 saturated carbocycles. The van der Waals surface area contributed by atoms with Crippen LogP contribution in [0.2, 0.25) is 0 Å². The molecule has 0 spiro atoms. The first-order valence-electron chi connectivity index (χ1n) is 9.95. The molecule has 2 atom stereocenters. The zero-order valence-electron chi connectivity index (χ0n) is 18.0. The Morgan fingerprint density at radius 1 is 0.710 bits per heavy atom. The first kappa shape index (κ1) is 21.0. The lowest BCUT2D eigenvalue weighted by molar-refractivity contribution is 0.324. The highest BCUT2D eigenvalue weighted by atomic mass is 32.1. The minimum atomic E-state index is 0.0311. The third kappa shape index (κ3) is 3.68. The maximum Gasteiger partial charge on any atom is 0.203 e. The van der Waals surface area contributed by atoms with Crippen LogP contribution in [0.3, 0.4) is 0 Å². The summed E-state index contributed by atoms with van der Waals surface area (Å²) in [6.45, 7) is 0. The number of thiocarbonyl (C=S) groups is 1.